The summed E-state index contributed by atoms with van der Waals surface area (Å²) in [7, 11) is 0. The highest BCUT2D eigenvalue weighted by atomic mass is 127. The second kappa shape index (κ2) is 10.6. The van der Waals surface area contributed by atoms with E-state index in [0.29, 0.717) is 18.2 Å². The summed E-state index contributed by atoms with van der Waals surface area (Å²) in [6.45, 7) is 5.97. The minimum atomic E-state index is 0. The third-order valence-corrected chi connectivity index (χ3v) is 5.68. The van der Waals surface area contributed by atoms with Crippen molar-refractivity contribution in [3.05, 3.63) is 35.4 Å². The molecule has 0 aliphatic carbocycles. The van der Waals surface area contributed by atoms with Crippen LogP contribution in [0.4, 0.5) is 0 Å². The molecule has 2 fully saturated rings. The Morgan fingerprint density at radius 2 is 2.08 bits per heavy atom. The lowest BCUT2D eigenvalue weighted by atomic mass is 9.96. The zero-order chi connectivity index (χ0) is 16.8. The number of rotatable bonds is 7. The van der Waals surface area contributed by atoms with Gasteiger partial charge in [-0.15, -0.1) is 24.0 Å². The van der Waals surface area contributed by atoms with Crippen LogP contribution in [0.25, 0.3) is 0 Å². The maximum Gasteiger partial charge on any atom is 0.191 e. The van der Waals surface area contributed by atoms with Gasteiger partial charge in [0.05, 0.1) is 24.8 Å². The monoisotopic (exact) mass is 475 g/mol. The van der Waals surface area contributed by atoms with Crippen LogP contribution in [0.2, 0.25) is 0 Å². The molecule has 3 rings (SSSR count). The van der Waals surface area contributed by atoms with Gasteiger partial charge < -0.3 is 15.4 Å². The quantitative estimate of drug-likeness (QED) is 0.273. The Morgan fingerprint density at radius 3 is 2.72 bits per heavy atom. The zero-order valence-corrected chi connectivity index (χ0v) is 18.3. The van der Waals surface area contributed by atoms with E-state index in [0.717, 1.165) is 37.0 Å². The summed E-state index contributed by atoms with van der Waals surface area (Å²) >= 11 is 1.94. The molecule has 25 heavy (non-hydrogen) atoms. The minimum Gasteiger partial charge on any atom is -0.373 e. The van der Waals surface area contributed by atoms with Gasteiger partial charge >= 0.3 is 0 Å². The van der Waals surface area contributed by atoms with E-state index in [2.05, 4.69) is 48.7 Å². The third kappa shape index (κ3) is 6.32. The lowest BCUT2D eigenvalue weighted by Gasteiger charge is -2.22. The lowest BCUT2D eigenvalue weighted by molar-refractivity contribution is 0.0992. The Balaban J connectivity index is 0.00000225. The highest BCUT2D eigenvalue weighted by Crippen LogP contribution is 2.34. The standard InChI is InChI=1S/C19H29N3OS.HI/c1-3-20-19(22-17-12-16-8-9-18(17)23-16)21-10-11-24-13-15-6-4-14(2)5-7-15;/h4-7,16-18H,3,8-13H2,1-2H3,(H2,20,21,22);1H. The van der Waals surface area contributed by atoms with E-state index >= 15 is 0 Å². The number of guanidine groups is 1. The Labute approximate surface area is 173 Å². The third-order valence-electron chi connectivity index (χ3n) is 4.67. The molecule has 2 aliphatic heterocycles. The van der Waals surface area contributed by atoms with Gasteiger partial charge in [0.15, 0.2) is 5.96 Å². The predicted molar refractivity (Wildman–Crippen MR) is 118 cm³/mol. The fourth-order valence-corrected chi connectivity index (χ4v) is 4.17. The van der Waals surface area contributed by atoms with Crippen molar-refractivity contribution < 1.29 is 4.74 Å². The van der Waals surface area contributed by atoms with Crippen molar-refractivity contribution in [2.75, 3.05) is 18.8 Å². The minimum absolute atomic E-state index is 0. The molecule has 6 heteroatoms. The van der Waals surface area contributed by atoms with Gasteiger partial charge in [0.2, 0.25) is 0 Å². The molecular weight excluding hydrogens is 445 g/mol. The number of halogens is 1. The molecule has 0 aromatic heterocycles. The van der Waals surface area contributed by atoms with Crippen LogP contribution in [-0.2, 0) is 10.5 Å². The Morgan fingerprint density at radius 1 is 1.28 bits per heavy atom. The topological polar surface area (TPSA) is 45.7 Å². The SMILES string of the molecule is CCNC(=NCCSCc1ccc(C)cc1)NC1CC2CCC1O2.I. The summed E-state index contributed by atoms with van der Waals surface area (Å²) in [4.78, 5) is 4.72. The molecule has 3 unspecified atom stereocenters. The number of aryl methyl sites for hydroxylation is 1. The van der Waals surface area contributed by atoms with E-state index in [4.69, 9.17) is 9.73 Å². The normalized spacial score (nSPS) is 24.9. The summed E-state index contributed by atoms with van der Waals surface area (Å²) < 4.78 is 5.91. The van der Waals surface area contributed by atoms with Crippen LogP contribution in [0.3, 0.4) is 0 Å². The number of thioether (sulfide) groups is 1. The fraction of sp³-hybridized carbons (Fsp3) is 0.632. The maximum atomic E-state index is 5.91. The average Bonchev–Trinajstić information content (AvgIpc) is 3.19. The molecule has 0 amide bonds. The number of aliphatic imine (C=N–C) groups is 1. The van der Waals surface area contributed by atoms with Crippen molar-refractivity contribution in [3.8, 4) is 0 Å². The van der Waals surface area contributed by atoms with Gasteiger partial charge in [0.25, 0.3) is 0 Å². The Bertz CT molecular complexity index is 552. The summed E-state index contributed by atoms with van der Waals surface area (Å²) in [5.41, 5.74) is 2.71. The van der Waals surface area contributed by atoms with E-state index in [1.807, 2.05) is 11.8 Å². The summed E-state index contributed by atoms with van der Waals surface area (Å²) in [6, 6.07) is 9.22. The van der Waals surface area contributed by atoms with Crippen LogP contribution < -0.4 is 10.6 Å². The van der Waals surface area contributed by atoms with E-state index in [-0.39, 0.29) is 24.0 Å². The molecule has 2 saturated heterocycles. The second-order valence-electron chi connectivity index (χ2n) is 6.66. The lowest BCUT2D eigenvalue weighted by Crippen LogP contribution is -2.47. The Hall–Kier alpha value is -0.470. The molecule has 0 radical (unpaired) electrons. The van der Waals surface area contributed by atoms with Gasteiger partial charge in [-0.1, -0.05) is 29.8 Å². The van der Waals surface area contributed by atoms with Crippen molar-refractivity contribution in [2.45, 2.75) is 57.1 Å². The van der Waals surface area contributed by atoms with Crippen molar-refractivity contribution in [3.63, 3.8) is 0 Å². The number of hydrogen-bond donors (Lipinski definition) is 2. The van der Waals surface area contributed by atoms with Gasteiger partial charge in [-0.3, -0.25) is 4.99 Å². The molecule has 4 nitrogen and oxygen atoms in total. The smallest absolute Gasteiger partial charge is 0.191 e. The molecule has 2 N–H and O–H groups in total. The van der Waals surface area contributed by atoms with Gasteiger partial charge in [-0.2, -0.15) is 11.8 Å². The van der Waals surface area contributed by atoms with Crippen LogP contribution >= 0.6 is 35.7 Å². The number of ether oxygens (including phenoxy) is 1. The van der Waals surface area contributed by atoms with Gasteiger partial charge in [0, 0.05) is 18.1 Å². The molecule has 2 heterocycles. The van der Waals surface area contributed by atoms with Crippen LogP contribution in [0.15, 0.2) is 29.3 Å². The predicted octanol–water partition coefficient (Wildman–Crippen LogP) is 3.72. The molecule has 2 bridgehead atoms. The zero-order valence-electron chi connectivity index (χ0n) is 15.2. The van der Waals surface area contributed by atoms with Gasteiger partial charge in [-0.05, 0) is 38.7 Å². The molecule has 0 saturated carbocycles. The summed E-state index contributed by atoms with van der Waals surface area (Å²) in [5, 5.41) is 6.93. The van der Waals surface area contributed by atoms with Crippen LogP contribution in [0.5, 0.6) is 0 Å². The maximum absolute atomic E-state index is 5.91. The van der Waals surface area contributed by atoms with E-state index in [1.54, 1.807) is 0 Å². The largest absolute Gasteiger partial charge is 0.373 e. The second-order valence-corrected chi connectivity index (χ2v) is 7.76. The first-order valence-corrected chi connectivity index (χ1v) is 10.2. The Kier molecular flexibility index (Phi) is 8.85. The van der Waals surface area contributed by atoms with Gasteiger partial charge in [-0.25, -0.2) is 0 Å². The average molecular weight is 475 g/mol. The summed E-state index contributed by atoms with van der Waals surface area (Å²) in [5.74, 6) is 3.03. The van der Waals surface area contributed by atoms with Crippen LogP contribution in [0, 0.1) is 6.92 Å². The number of fused-ring (bicyclic) bond motifs is 2. The van der Waals surface area contributed by atoms with Crippen LogP contribution in [0.1, 0.15) is 37.3 Å². The highest BCUT2D eigenvalue weighted by molar-refractivity contribution is 14.0. The molecule has 3 atom stereocenters. The number of nitrogens with zero attached hydrogens (tertiary/aromatic N) is 1. The summed E-state index contributed by atoms with van der Waals surface area (Å²) in [6.07, 6.45) is 4.40. The van der Waals surface area contributed by atoms with E-state index < -0.39 is 0 Å². The first kappa shape index (κ1) is 20.8. The first-order chi connectivity index (χ1) is 11.7. The highest BCUT2D eigenvalue weighted by Gasteiger charge is 2.41. The first-order valence-electron chi connectivity index (χ1n) is 9.08. The fourth-order valence-electron chi connectivity index (χ4n) is 3.38. The number of nitrogens with one attached hydrogen (secondary N) is 2. The number of hydrogen-bond acceptors (Lipinski definition) is 3. The molecule has 2 aliphatic rings. The molecule has 1 aromatic rings. The van der Waals surface area contributed by atoms with Crippen molar-refractivity contribution >= 4 is 41.7 Å². The van der Waals surface area contributed by atoms with E-state index in [9.17, 15) is 0 Å². The van der Waals surface area contributed by atoms with Crippen molar-refractivity contribution in [2.24, 2.45) is 4.99 Å². The van der Waals surface area contributed by atoms with Crippen molar-refractivity contribution in [1.29, 1.82) is 0 Å². The molecule has 0 spiro atoms. The molecular formula is C19H30IN3OS. The van der Waals surface area contributed by atoms with Gasteiger partial charge in [0.1, 0.15) is 0 Å². The van der Waals surface area contributed by atoms with E-state index in [1.165, 1.54) is 24.0 Å². The van der Waals surface area contributed by atoms with Crippen molar-refractivity contribution in [1.82, 2.24) is 10.6 Å². The van der Waals surface area contributed by atoms with Crippen LogP contribution in [-0.4, -0.2) is 43.1 Å². The number of benzene rings is 1. The molecule has 140 valence electrons. The molecule has 1 aromatic carbocycles.